The van der Waals surface area contributed by atoms with E-state index in [2.05, 4.69) is 30.9 Å². The van der Waals surface area contributed by atoms with Crippen LogP contribution in [-0.2, 0) is 11.2 Å². The lowest BCUT2D eigenvalue weighted by molar-refractivity contribution is -0.114. The normalized spacial score (nSPS) is 10.9. The van der Waals surface area contributed by atoms with Crippen LogP contribution in [0.4, 0.5) is 10.7 Å². The summed E-state index contributed by atoms with van der Waals surface area (Å²) in [4.78, 5) is 15.5. The molecule has 1 N–H and O–H groups in total. The molecule has 0 aliphatic carbocycles. The highest BCUT2D eigenvalue weighted by Gasteiger charge is 2.16. The maximum atomic E-state index is 11.0. The van der Waals surface area contributed by atoms with Crippen molar-refractivity contribution >= 4 is 27.9 Å². The van der Waals surface area contributed by atoms with E-state index in [1.807, 2.05) is 6.07 Å². The summed E-state index contributed by atoms with van der Waals surface area (Å²) >= 11 is 1.49. The van der Waals surface area contributed by atoms with Crippen LogP contribution in [0.3, 0.4) is 0 Å². The molecule has 0 saturated carbocycles. The highest BCUT2D eigenvalue weighted by molar-refractivity contribution is 7.17. The predicted octanol–water partition coefficient (Wildman–Crippen LogP) is 3.85. The molecule has 0 aliphatic heterocycles. The van der Waals surface area contributed by atoms with Gasteiger partial charge in [-0.25, -0.2) is 4.85 Å². The van der Waals surface area contributed by atoms with Gasteiger partial charge in [0.1, 0.15) is 5.00 Å². The minimum Gasteiger partial charge on any atom is -0.327 e. The molecule has 86 valence electrons. The zero-order valence-electron chi connectivity index (χ0n) is 10.0. The Morgan fingerprint density at radius 1 is 1.56 bits per heavy atom. The number of carbonyl (C=O) groups is 1. The summed E-state index contributed by atoms with van der Waals surface area (Å²) in [6, 6.07) is 1.87. The lowest BCUT2D eigenvalue weighted by atomic mass is 9.91. The molecule has 0 bridgehead atoms. The van der Waals surface area contributed by atoms with E-state index in [0.717, 1.165) is 11.3 Å². The van der Waals surface area contributed by atoms with Gasteiger partial charge in [0, 0.05) is 6.92 Å². The Balaban J connectivity index is 2.95. The summed E-state index contributed by atoms with van der Waals surface area (Å²) in [7, 11) is 0. The molecule has 16 heavy (non-hydrogen) atoms. The number of hydrogen-bond donors (Lipinski definition) is 1. The lowest BCUT2D eigenvalue weighted by Crippen LogP contribution is -2.07. The van der Waals surface area contributed by atoms with Crippen molar-refractivity contribution in [3.05, 3.63) is 22.4 Å². The summed E-state index contributed by atoms with van der Waals surface area (Å²) < 4.78 is 0. The Hall–Kier alpha value is -1.34. The number of carbonyl (C=O) groups excluding carboxylic acids is 1. The molecule has 0 radical (unpaired) electrons. The van der Waals surface area contributed by atoms with Crippen LogP contribution >= 0.6 is 11.3 Å². The molecule has 4 heteroatoms. The molecule has 1 heterocycles. The van der Waals surface area contributed by atoms with Gasteiger partial charge in [0.25, 0.3) is 0 Å². The average molecular weight is 236 g/mol. The van der Waals surface area contributed by atoms with Gasteiger partial charge in [-0.3, -0.25) is 4.79 Å². The van der Waals surface area contributed by atoms with Crippen molar-refractivity contribution in [1.29, 1.82) is 0 Å². The van der Waals surface area contributed by atoms with Crippen molar-refractivity contribution in [3.8, 4) is 0 Å². The van der Waals surface area contributed by atoms with Gasteiger partial charge in [-0.2, -0.15) is 0 Å². The van der Waals surface area contributed by atoms with Crippen LogP contribution in [0.5, 0.6) is 0 Å². The molecule has 0 aromatic carbocycles. The third-order valence-electron chi connectivity index (χ3n) is 1.88. The molecule has 3 nitrogen and oxygen atoms in total. The number of nitrogens with zero attached hydrogens (tertiary/aromatic N) is 1. The SMILES string of the molecule is [C-]#[N+]c1cc(CC(C)(C)C)sc1NC(C)=O. The Morgan fingerprint density at radius 2 is 2.19 bits per heavy atom. The number of amides is 1. The Morgan fingerprint density at radius 3 is 2.62 bits per heavy atom. The first-order valence-corrected chi connectivity index (χ1v) is 5.91. The van der Waals surface area contributed by atoms with E-state index in [1.165, 1.54) is 18.3 Å². The van der Waals surface area contributed by atoms with E-state index in [9.17, 15) is 4.79 Å². The van der Waals surface area contributed by atoms with Crippen LogP contribution in [0.25, 0.3) is 4.85 Å². The molecule has 1 rings (SSSR count). The van der Waals surface area contributed by atoms with Gasteiger partial charge in [-0.15, -0.1) is 11.3 Å². The van der Waals surface area contributed by atoms with E-state index in [1.54, 1.807) is 0 Å². The van der Waals surface area contributed by atoms with Gasteiger partial charge in [0.05, 0.1) is 6.57 Å². The topological polar surface area (TPSA) is 33.5 Å². The van der Waals surface area contributed by atoms with Crippen LogP contribution in [0.15, 0.2) is 6.07 Å². The second-order valence-electron chi connectivity index (χ2n) is 4.96. The molecule has 0 unspecified atom stereocenters. The molecule has 0 spiro atoms. The van der Waals surface area contributed by atoms with E-state index >= 15 is 0 Å². The van der Waals surface area contributed by atoms with Gasteiger partial charge in [-0.05, 0) is 22.8 Å². The molecule has 0 atom stereocenters. The summed E-state index contributed by atoms with van der Waals surface area (Å²) in [6.45, 7) is 15.0. The number of anilines is 1. The third-order valence-corrected chi connectivity index (χ3v) is 2.92. The number of rotatable bonds is 2. The molecule has 1 aromatic rings. The highest BCUT2D eigenvalue weighted by Crippen LogP contribution is 2.37. The smallest absolute Gasteiger partial charge is 0.221 e. The zero-order chi connectivity index (χ0) is 12.3. The zero-order valence-corrected chi connectivity index (χ0v) is 10.9. The Bertz CT molecular complexity index is 435. The van der Waals surface area contributed by atoms with E-state index in [-0.39, 0.29) is 11.3 Å². The average Bonchev–Trinajstić information content (AvgIpc) is 2.42. The van der Waals surface area contributed by atoms with Crippen LogP contribution in [-0.4, -0.2) is 5.91 Å². The first-order chi connectivity index (χ1) is 7.31. The fourth-order valence-electron chi connectivity index (χ4n) is 1.37. The van der Waals surface area contributed by atoms with Crippen molar-refractivity contribution in [1.82, 2.24) is 0 Å². The van der Waals surface area contributed by atoms with Gasteiger partial charge >= 0.3 is 0 Å². The van der Waals surface area contributed by atoms with E-state index < -0.39 is 0 Å². The van der Waals surface area contributed by atoms with Crippen LogP contribution in [0, 0.1) is 12.0 Å². The van der Waals surface area contributed by atoms with Gasteiger partial charge in [-0.1, -0.05) is 20.8 Å². The van der Waals surface area contributed by atoms with Crippen molar-refractivity contribution in [2.75, 3.05) is 5.32 Å². The molecular weight excluding hydrogens is 220 g/mol. The van der Waals surface area contributed by atoms with Crippen molar-refractivity contribution in [2.45, 2.75) is 34.1 Å². The summed E-state index contributed by atoms with van der Waals surface area (Å²) in [5, 5.41) is 3.36. The largest absolute Gasteiger partial charge is 0.327 e. The fraction of sp³-hybridized carbons (Fsp3) is 0.500. The van der Waals surface area contributed by atoms with Crippen molar-refractivity contribution in [2.24, 2.45) is 5.41 Å². The van der Waals surface area contributed by atoms with Gasteiger partial charge in [0.2, 0.25) is 11.6 Å². The molecule has 0 aliphatic rings. The molecular formula is C12H16N2OS. The van der Waals surface area contributed by atoms with Crippen LogP contribution < -0.4 is 5.32 Å². The minimum absolute atomic E-state index is 0.131. The Kier molecular flexibility index (Phi) is 3.71. The fourth-order valence-corrected chi connectivity index (χ4v) is 2.71. The molecule has 0 saturated heterocycles. The molecule has 1 amide bonds. The van der Waals surface area contributed by atoms with Crippen molar-refractivity contribution < 1.29 is 4.79 Å². The predicted molar refractivity (Wildman–Crippen MR) is 68.0 cm³/mol. The monoisotopic (exact) mass is 236 g/mol. The maximum absolute atomic E-state index is 11.0. The number of nitrogens with one attached hydrogen (secondary N) is 1. The molecule has 0 fully saturated rings. The van der Waals surface area contributed by atoms with Gasteiger partial charge in [0.15, 0.2) is 0 Å². The first-order valence-electron chi connectivity index (χ1n) is 5.09. The standard InChI is InChI=1S/C12H16N2OS/c1-8(15)14-11-10(13-5)6-9(16-11)7-12(2,3)4/h6H,7H2,1-4H3,(H,14,15). The maximum Gasteiger partial charge on any atom is 0.221 e. The minimum atomic E-state index is -0.131. The molecule has 1 aromatic heterocycles. The summed E-state index contributed by atoms with van der Waals surface area (Å²) in [5.41, 5.74) is 0.733. The van der Waals surface area contributed by atoms with E-state index in [4.69, 9.17) is 6.57 Å². The van der Waals surface area contributed by atoms with Gasteiger partial charge < -0.3 is 5.32 Å². The first kappa shape index (κ1) is 12.7. The lowest BCUT2D eigenvalue weighted by Gasteiger charge is -2.16. The summed E-state index contributed by atoms with van der Waals surface area (Å²) in [5.74, 6) is -0.131. The Labute approximate surface area is 100 Å². The quantitative estimate of drug-likeness (QED) is 0.777. The number of hydrogen-bond acceptors (Lipinski definition) is 2. The number of thiophene rings is 1. The van der Waals surface area contributed by atoms with Crippen LogP contribution in [0.1, 0.15) is 32.6 Å². The second-order valence-corrected chi connectivity index (χ2v) is 6.09. The van der Waals surface area contributed by atoms with E-state index in [0.29, 0.717) is 10.7 Å². The third kappa shape index (κ3) is 3.67. The van der Waals surface area contributed by atoms with Crippen molar-refractivity contribution in [3.63, 3.8) is 0 Å². The second kappa shape index (κ2) is 4.67. The highest BCUT2D eigenvalue weighted by atomic mass is 32.1. The van der Waals surface area contributed by atoms with Crippen LogP contribution in [0.2, 0.25) is 0 Å². The summed E-state index contributed by atoms with van der Waals surface area (Å²) in [6.07, 6.45) is 0.916.